The molecule has 0 aliphatic rings. The lowest BCUT2D eigenvalue weighted by Crippen LogP contribution is -2.28. The predicted molar refractivity (Wildman–Crippen MR) is 91.9 cm³/mol. The molecule has 0 aliphatic heterocycles. The van der Waals surface area contributed by atoms with Gasteiger partial charge in [-0.1, -0.05) is 23.2 Å². The van der Waals surface area contributed by atoms with E-state index in [1.165, 1.54) is 0 Å². The van der Waals surface area contributed by atoms with Gasteiger partial charge in [0, 0.05) is 17.6 Å². The number of halogens is 2. The van der Waals surface area contributed by atoms with Crippen molar-refractivity contribution in [3.05, 3.63) is 52.0 Å². The van der Waals surface area contributed by atoms with E-state index in [2.05, 4.69) is 10.6 Å². The van der Waals surface area contributed by atoms with E-state index in [4.69, 9.17) is 32.7 Å². The smallest absolute Gasteiger partial charge is 0.319 e. The monoisotopic (exact) mass is 354 g/mol. The van der Waals surface area contributed by atoms with E-state index in [0.717, 1.165) is 5.56 Å². The van der Waals surface area contributed by atoms with Crippen LogP contribution in [0, 0.1) is 0 Å². The van der Waals surface area contributed by atoms with Crippen molar-refractivity contribution in [2.45, 2.75) is 6.54 Å². The summed E-state index contributed by atoms with van der Waals surface area (Å²) < 4.78 is 10.4. The number of nitrogens with one attached hydrogen (secondary N) is 2. The first-order chi connectivity index (χ1) is 11.0. The highest BCUT2D eigenvalue weighted by molar-refractivity contribution is 6.36. The summed E-state index contributed by atoms with van der Waals surface area (Å²) in [5.41, 5.74) is 1.33. The Balaban J connectivity index is 1.99. The zero-order chi connectivity index (χ0) is 16.8. The topological polar surface area (TPSA) is 59.6 Å². The molecular weight excluding hydrogens is 339 g/mol. The Bertz CT molecular complexity index is 685. The Morgan fingerprint density at radius 2 is 1.70 bits per heavy atom. The van der Waals surface area contributed by atoms with Crippen LogP contribution in [-0.2, 0) is 6.54 Å². The lowest BCUT2D eigenvalue weighted by Gasteiger charge is -2.11. The lowest BCUT2D eigenvalue weighted by atomic mass is 10.2. The number of rotatable bonds is 5. The SMILES string of the molecule is COc1cc(CNC(=O)Nc2ccc(Cl)cc2Cl)cc(OC)c1. The Hall–Kier alpha value is -2.11. The number of hydrogen-bond donors (Lipinski definition) is 2. The molecule has 0 aliphatic carbocycles. The zero-order valence-electron chi connectivity index (χ0n) is 12.7. The fourth-order valence-electron chi connectivity index (χ4n) is 1.91. The number of hydrogen-bond acceptors (Lipinski definition) is 3. The van der Waals surface area contributed by atoms with Crippen LogP contribution in [0.5, 0.6) is 11.5 Å². The fourth-order valence-corrected chi connectivity index (χ4v) is 2.36. The van der Waals surface area contributed by atoms with Crippen molar-refractivity contribution in [3.8, 4) is 11.5 Å². The molecule has 7 heteroatoms. The minimum Gasteiger partial charge on any atom is -0.497 e. The van der Waals surface area contributed by atoms with Crippen LogP contribution < -0.4 is 20.1 Å². The summed E-state index contributed by atoms with van der Waals surface area (Å²) in [5, 5.41) is 6.28. The summed E-state index contributed by atoms with van der Waals surface area (Å²) in [6, 6.07) is 9.86. The molecule has 0 radical (unpaired) electrons. The van der Waals surface area contributed by atoms with Gasteiger partial charge in [0.1, 0.15) is 11.5 Å². The summed E-state index contributed by atoms with van der Waals surface area (Å²) >= 11 is 11.8. The first-order valence-corrected chi connectivity index (χ1v) is 7.49. The number of anilines is 1. The average Bonchev–Trinajstić information content (AvgIpc) is 2.55. The molecule has 2 aromatic carbocycles. The highest BCUT2D eigenvalue weighted by atomic mass is 35.5. The lowest BCUT2D eigenvalue weighted by molar-refractivity contribution is 0.251. The van der Waals surface area contributed by atoms with Crippen molar-refractivity contribution in [2.75, 3.05) is 19.5 Å². The number of urea groups is 1. The summed E-state index contributed by atoms with van der Waals surface area (Å²) in [4.78, 5) is 12.0. The Labute approximate surface area is 144 Å². The number of benzene rings is 2. The van der Waals surface area contributed by atoms with E-state index in [9.17, 15) is 4.79 Å². The van der Waals surface area contributed by atoms with Crippen molar-refractivity contribution in [2.24, 2.45) is 0 Å². The summed E-state index contributed by atoms with van der Waals surface area (Å²) in [6.07, 6.45) is 0. The average molecular weight is 355 g/mol. The van der Waals surface area contributed by atoms with E-state index in [0.29, 0.717) is 33.8 Å². The molecular formula is C16H16Cl2N2O3. The van der Waals surface area contributed by atoms with Gasteiger partial charge in [0.15, 0.2) is 0 Å². The third kappa shape index (κ3) is 4.94. The molecule has 0 atom stereocenters. The van der Waals surface area contributed by atoms with Crippen LogP contribution in [0.2, 0.25) is 10.0 Å². The Morgan fingerprint density at radius 3 is 2.26 bits per heavy atom. The highest BCUT2D eigenvalue weighted by Gasteiger charge is 2.07. The molecule has 0 bridgehead atoms. The number of carbonyl (C=O) groups excluding carboxylic acids is 1. The van der Waals surface area contributed by atoms with Crippen LogP contribution in [-0.4, -0.2) is 20.3 Å². The second-order valence-electron chi connectivity index (χ2n) is 4.65. The fraction of sp³-hybridized carbons (Fsp3) is 0.188. The number of ether oxygens (including phenoxy) is 2. The maximum atomic E-state index is 12.0. The number of methoxy groups -OCH3 is 2. The van der Waals surface area contributed by atoms with Gasteiger partial charge in [0.2, 0.25) is 0 Å². The quantitative estimate of drug-likeness (QED) is 0.839. The van der Waals surface area contributed by atoms with Gasteiger partial charge in [-0.3, -0.25) is 0 Å². The van der Waals surface area contributed by atoms with Crippen molar-refractivity contribution >= 4 is 34.9 Å². The third-order valence-electron chi connectivity index (χ3n) is 3.04. The van der Waals surface area contributed by atoms with Crippen LogP contribution in [0.1, 0.15) is 5.56 Å². The van der Waals surface area contributed by atoms with Crippen molar-refractivity contribution in [1.29, 1.82) is 0 Å². The van der Waals surface area contributed by atoms with Crippen LogP contribution in [0.3, 0.4) is 0 Å². The first-order valence-electron chi connectivity index (χ1n) is 6.73. The van der Waals surface area contributed by atoms with Crippen LogP contribution in [0.25, 0.3) is 0 Å². The minimum absolute atomic E-state index is 0.310. The molecule has 2 rings (SSSR count). The second-order valence-corrected chi connectivity index (χ2v) is 5.50. The van der Waals surface area contributed by atoms with Gasteiger partial charge in [0.25, 0.3) is 0 Å². The van der Waals surface area contributed by atoms with Gasteiger partial charge in [0.05, 0.1) is 24.9 Å². The standard InChI is InChI=1S/C16H16Cl2N2O3/c1-22-12-5-10(6-13(8-12)23-2)9-19-16(21)20-15-4-3-11(17)7-14(15)18/h3-8H,9H2,1-2H3,(H2,19,20,21). The van der Waals surface area contributed by atoms with E-state index in [1.54, 1.807) is 38.5 Å². The maximum absolute atomic E-state index is 12.0. The molecule has 0 fully saturated rings. The Morgan fingerprint density at radius 1 is 1.04 bits per heavy atom. The molecule has 0 saturated heterocycles. The molecule has 0 saturated carbocycles. The first kappa shape index (κ1) is 17.2. The minimum atomic E-state index is -0.379. The molecule has 2 aromatic rings. The number of carbonyl (C=O) groups is 1. The van der Waals surface area contributed by atoms with E-state index in [1.807, 2.05) is 12.1 Å². The van der Waals surface area contributed by atoms with Crippen molar-refractivity contribution in [3.63, 3.8) is 0 Å². The van der Waals surface area contributed by atoms with Gasteiger partial charge in [-0.2, -0.15) is 0 Å². The van der Waals surface area contributed by atoms with E-state index >= 15 is 0 Å². The number of amides is 2. The van der Waals surface area contributed by atoms with Crippen LogP contribution in [0.4, 0.5) is 10.5 Å². The Kier molecular flexibility index (Phi) is 5.96. The summed E-state index contributed by atoms with van der Waals surface area (Å²) in [7, 11) is 3.14. The molecule has 23 heavy (non-hydrogen) atoms. The molecule has 0 spiro atoms. The maximum Gasteiger partial charge on any atom is 0.319 e. The molecule has 5 nitrogen and oxygen atoms in total. The normalized spacial score (nSPS) is 10.1. The van der Waals surface area contributed by atoms with Gasteiger partial charge >= 0.3 is 6.03 Å². The van der Waals surface area contributed by atoms with Gasteiger partial charge in [-0.05, 0) is 35.9 Å². The van der Waals surface area contributed by atoms with Crippen molar-refractivity contribution in [1.82, 2.24) is 5.32 Å². The largest absolute Gasteiger partial charge is 0.497 e. The molecule has 2 amide bonds. The third-order valence-corrected chi connectivity index (χ3v) is 3.59. The van der Waals surface area contributed by atoms with Crippen LogP contribution in [0.15, 0.2) is 36.4 Å². The predicted octanol–water partition coefficient (Wildman–Crippen LogP) is 4.33. The molecule has 2 N–H and O–H groups in total. The van der Waals surface area contributed by atoms with Gasteiger partial charge in [-0.25, -0.2) is 4.79 Å². The summed E-state index contributed by atoms with van der Waals surface area (Å²) in [6.45, 7) is 0.310. The van der Waals surface area contributed by atoms with Gasteiger partial charge < -0.3 is 20.1 Å². The molecule has 0 heterocycles. The van der Waals surface area contributed by atoms with Crippen molar-refractivity contribution < 1.29 is 14.3 Å². The highest BCUT2D eigenvalue weighted by Crippen LogP contribution is 2.25. The van der Waals surface area contributed by atoms with E-state index < -0.39 is 0 Å². The zero-order valence-corrected chi connectivity index (χ0v) is 14.2. The molecule has 122 valence electrons. The molecule has 0 unspecified atom stereocenters. The second kappa shape index (κ2) is 7.94. The van der Waals surface area contributed by atoms with Crippen LogP contribution >= 0.6 is 23.2 Å². The molecule has 0 aromatic heterocycles. The van der Waals surface area contributed by atoms with E-state index in [-0.39, 0.29) is 6.03 Å². The van der Waals surface area contributed by atoms with Gasteiger partial charge in [-0.15, -0.1) is 0 Å². The summed E-state index contributed by atoms with van der Waals surface area (Å²) in [5.74, 6) is 1.31.